The van der Waals surface area contributed by atoms with Crippen LogP contribution in [-0.4, -0.2) is 18.9 Å². The lowest BCUT2D eigenvalue weighted by Crippen LogP contribution is -2.19. The van der Waals surface area contributed by atoms with Crippen LogP contribution in [0.5, 0.6) is 5.75 Å². The molecule has 35 heavy (non-hydrogen) atoms. The average Bonchev–Trinajstić information content (AvgIpc) is 2.88. The lowest BCUT2D eigenvalue weighted by atomic mass is 10.1. The molecular formula is C29H26N2O3S. The zero-order valence-electron chi connectivity index (χ0n) is 19.5. The topological polar surface area (TPSA) is 67.4 Å². The summed E-state index contributed by atoms with van der Waals surface area (Å²) in [5.41, 5.74) is 3.91. The van der Waals surface area contributed by atoms with Crippen molar-refractivity contribution < 1.29 is 14.3 Å². The second-order valence-corrected chi connectivity index (χ2v) is 9.16. The minimum atomic E-state index is -0.463. The summed E-state index contributed by atoms with van der Waals surface area (Å²) in [7, 11) is 1.59. The highest BCUT2D eigenvalue weighted by Crippen LogP contribution is 2.37. The van der Waals surface area contributed by atoms with Gasteiger partial charge in [-0.1, -0.05) is 54.1 Å². The first-order valence-electron chi connectivity index (χ1n) is 11.2. The van der Waals surface area contributed by atoms with Crippen LogP contribution in [0.3, 0.4) is 0 Å². The number of carbonyl (C=O) groups excluding carboxylic acids is 2. The summed E-state index contributed by atoms with van der Waals surface area (Å²) in [4.78, 5) is 26.7. The minimum absolute atomic E-state index is 0.133. The van der Waals surface area contributed by atoms with E-state index in [0.717, 1.165) is 16.0 Å². The van der Waals surface area contributed by atoms with Crippen molar-refractivity contribution in [3.05, 3.63) is 120 Å². The van der Waals surface area contributed by atoms with E-state index in [1.807, 2.05) is 97.9 Å². The number of ether oxygens (including phenoxy) is 1. The molecule has 0 fully saturated rings. The van der Waals surface area contributed by atoms with Gasteiger partial charge in [0, 0.05) is 27.9 Å². The summed E-state index contributed by atoms with van der Waals surface area (Å²) in [6, 6.07) is 31.9. The molecule has 0 spiro atoms. The predicted molar refractivity (Wildman–Crippen MR) is 142 cm³/mol. The molecule has 0 aromatic heterocycles. The van der Waals surface area contributed by atoms with Crippen molar-refractivity contribution in [2.75, 3.05) is 17.7 Å². The van der Waals surface area contributed by atoms with Gasteiger partial charge in [-0.15, -0.1) is 11.8 Å². The first kappa shape index (κ1) is 24.1. The van der Waals surface area contributed by atoms with Crippen LogP contribution in [0.1, 0.15) is 26.7 Å². The molecule has 4 aromatic rings. The molecule has 4 aromatic carbocycles. The van der Waals surface area contributed by atoms with E-state index in [1.165, 1.54) is 11.8 Å². The van der Waals surface area contributed by atoms with Gasteiger partial charge >= 0.3 is 0 Å². The average molecular weight is 483 g/mol. The molecule has 6 heteroatoms. The van der Waals surface area contributed by atoms with Gasteiger partial charge in [0.05, 0.1) is 7.11 Å². The highest BCUT2D eigenvalue weighted by molar-refractivity contribution is 8.00. The van der Waals surface area contributed by atoms with Crippen LogP contribution in [-0.2, 0) is 4.79 Å². The van der Waals surface area contributed by atoms with Gasteiger partial charge in [-0.25, -0.2) is 0 Å². The molecule has 5 nitrogen and oxygen atoms in total. The molecule has 0 saturated heterocycles. The smallest absolute Gasteiger partial charge is 0.255 e. The Labute approximate surface area is 209 Å². The molecule has 176 valence electrons. The van der Waals surface area contributed by atoms with Crippen LogP contribution in [0, 0.1) is 6.92 Å². The maximum Gasteiger partial charge on any atom is 0.255 e. The van der Waals surface area contributed by atoms with E-state index in [0.29, 0.717) is 22.7 Å². The van der Waals surface area contributed by atoms with Crippen molar-refractivity contribution in [3.8, 4) is 5.75 Å². The third-order valence-corrected chi connectivity index (χ3v) is 6.59. The molecule has 2 amide bonds. The van der Waals surface area contributed by atoms with Gasteiger partial charge in [-0.05, 0) is 61.0 Å². The van der Waals surface area contributed by atoms with Gasteiger partial charge in [0.15, 0.2) is 0 Å². The lowest BCUT2D eigenvalue weighted by molar-refractivity contribution is -0.115. The minimum Gasteiger partial charge on any atom is -0.497 e. The molecular weight excluding hydrogens is 456 g/mol. The third-order valence-electron chi connectivity index (χ3n) is 5.32. The second kappa shape index (κ2) is 11.4. The lowest BCUT2D eigenvalue weighted by Gasteiger charge is -2.18. The summed E-state index contributed by atoms with van der Waals surface area (Å²) in [5, 5.41) is 5.46. The molecule has 2 N–H and O–H groups in total. The van der Waals surface area contributed by atoms with E-state index in [9.17, 15) is 9.59 Å². The van der Waals surface area contributed by atoms with Gasteiger partial charge < -0.3 is 15.4 Å². The van der Waals surface area contributed by atoms with Crippen molar-refractivity contribution in [2.45, 2.75) is 17.1 Å². The Morgan fingerprint density at radius 2 is 1.51 bits per heavy atom. The number of rotatable bonds is 8. The summed E-state index contributed by atoms with van der Waals surface area (Å²) in [5.74, 6) is 0.384. The van der Waals surface area contributed by atoms with Crippen molar-refractivity contribution >= 4 is 35.0 Å². The van der Waals surface area contributed by atoms with E-state index in [4.69, 9.17) is 4.74 Å². The van der Waals surface area contributed by atoms with Crippen molar-refractivity contribution in [2.24, 2.45) is 0 Å². The Balaban J connectivity index is 1.49. The molecule has 0 radical (unpaired) electrons. The number of nitrogens with one attached hydrogen (secondary N) is 2. The Kier molecular flexibility index (Phi) is 7.85. The molecule has 1 atom stereocenters. The number of benzene rings is 4. The molecule has 0 aliphatic rings. The SMILES string of the molecule is COc1cccc(NC(=O)C(Sc2ccc(NC(=O)c3cccc(C)c3)cc2)c2ccccc2)c1. The van der Waals surface area contributed by atoms with Gasteiger partial charge in [0.1, 0.15) is 11.0 Å². The number of amides is 2. The fourth-order valence-electron chi connectivity index (χ4n) is 3.55. The number of hydrogen-bond donors (Lipinski definition) is 2. The van der Waals surface area contributed by atoms with E-state index < -0.39 is 5.25 Å². The first-order chi connectivity index (χ1) is 17.0. The fraction of sp³-hybridized carbons (Fsp3) is 0.103. The van der Waals surface area contributed by atoms with Gasteiger partial charge in [0.2, 0.25) is 5.91 Å². The van der Waals surface area contributed by atoms with Gasteiger partial charge in [0.25, 0.3) is 5.91 Å². The Morgan fingerprint density at radius 3 is 2.23 bits per heavy atom. The standard InChI is InChI=1S/C29H26N2O3S/c1-20-8-6-11-22(18-20)28(32)30-23-14-16-26(17-15-23)35-27(21-9-4-3-5-10-21)29(33)31-24-12-7-13-25(19-24)34-2/h3-19,27H,1-2H3,(H,30,32)(H,31,33). The van der Waals surface area contributed by atoms with Crippen molar-refractivity contribution in [3.63, 3.8) is 0 Å². The first-order valence-corrected chi connectivity index (χ1v) is 12.0. The molecule has 1 unspecified atom stereocenters. The normalized spacial score (nSPS) is 11.4. The quantitative estimate of drug-likeness (QED) is 0.273. The molecule has 0 saturated carbocycles. The summed E-state index contributed by atoms with van der Waals surface area (Å²) in [6.45, 7) is 1.95. The number of anilines is 2. The molecule has 4 rings (SSSR count). The van der Waals surface area contributed by atoms with Crippen LogP contribution in [0.2, 0.25) is 0 Å². The number of thioether (sulfide) groups is 1. The monoisotopic (exact) mass is 482 g/mol. The van der Waals surface area contributed by atoms with E-state index in [-0.39, 0.29) is 11.8 Å². The summed E-state index contributed by atoms with van der Waals surface area (Å²) < 4.78 is 5.26. The summed E-state index contributed by atoms with van der Waals surface area (Å²) in [6.07, 6.45) is 0. The predicted octanol–water partition coefficient (Wildman–Crippen LogP) is 6.73. The highest BCUT2D eigenvalue weighted by atomic mass is 32.2. The maximum absolute atomic E-state index is 13.3. The molecule has 0 heterocycles. The number of aryl methyl sites for hydroxylation is 1. The van der Waals surface area contributed by atoms with Gasteiger partial charge in [-0.2, -0.15) is 0 Å². The van der Waals surface area contributed by atoms with Crippen molar-refractivity contribution in [1.82, 2.24) is 0 Å². The van der Waals surface area contributed by atoms with E-state index >= 15 is 0 Å². The van der Waals surface area contributed by atoms with Crippen LogP contribution >= 0.6 is 11.8 Å². The highest BCUT2D eigenvalue weighted by Gasteiger charge is 2.22. The van der Waals surface area contributed by atoms with Crippen LogP contribution in [0.15, 0.2) is 108 Å². The van der Waals surface area contributed by atoms with E-state index in [2.05, 4.69) is 10.6 Å². The fourth-order valence-corrected chi connectivity index (χ4v) is 4.58. The van der Waals surface area contributed by atoms with Crippen molar-refractivity contribution in [1.29, 1.82) is 0 Å². The summed E-state index contributed by atoms with van der Waals surface area (Å²) >= 11 is 1.45. The zero-order valence-corrected chi connectivity index (χ0v) is 20.3. The van der Waals surface area contributed by atoms with Crippen LogP contribution in [0.25, 0.3) is 0 Å². The van der Waals surface area contributed by atoms with Gasteiger partial charge in [-0.3, -0.25) is 9.59 Å². The Morgan fingerprint density at radius 1 is 0.771 bits per heavy atom. The number of hydrogen-bond acceptors (Lipinski definition) is 4. The van der Waals surface area contributed by atoms with Crippen LogP contribution in [0.4, 0.5) is 11.4 Å². The van der Waals surface area contributed by atoms with Crippen LogP contribution < -0.4 is 15.4 Å². The Hall–Kier alpha value is -4.03. The van der Waals surface area contributed by atoms with E-state index in [1.54, 1.807) is 19.2 Å². The molecule has 0 aliphatic heterocycles. The Bertz CT molecular complexity index is 1310. The zero-order chi connectivity index (χ0) is 24.6. The number of carbonyl (C=O) groups is 2. The second-order valence-electron chi connectivity index (χ2n) is 7.98. The number of methoxy groups -OCH3 is 1. The maximum atomic E-state index is 13.3. The third kappa shape index (κ3) is 6.52. The largest absolute Gasteiger partial charge is 0.497 e. The molecule has 0 aliphatic carbocycles. The molecule has 0 bridgehead atoms.